The summed E-state index contributed by atoms with van der Waals surface area (Å²) in [6.07, 6.45) is 2.11. The van der Waals surface area contributed by atoms with Crippen molar-refractivity contribution in [1.29, 1.82) is 0 Å². The smallest absolute Gasteiger partial charge is 0.214 e. The molecular formula is C9H20N2O3S. The highest BCUT2D eigenvalue weighted by Gasteiger charge is 2.42. The molecule has 0 aliphatic heterocycles. The van der Waals surface area contributed by atoms with Crippen LogP contribution in [0.5, 0.6) is 0 Å². The van der Waals surface area contributed by atoms with E-state index in [4.69, 9.17) is 10.5 Å². The summed E-state index contributed by atoms with van der Waals surface area (Å²) in [7, 11) is -1.79. The summed E-state index contributed by atoms with van der Waals surface area (Å²) in [6, 6.07) is 0. The van der Waals surface area contributed by atoms with Crippen LogP contribution in [0.25, 0.3) is 0 Å². The van der Waals surface area contributed by atoms with Crippen molar-refractivity contribution in [2.75, 3.05) is 26.0 Å². The van der Waals surface area contributed by atoms with Gasteiger partial charge in [0.25, 0.3) is 0 Å². The predicted molar refractivity (Wildman–Crippen MR) is 59.0 cm³/mol. The predicted octanol–water partition coefficient (Wildman–Crippen LogP) is -0.320. The number of hydrogen-bond donors (Lipinski definition) is 2. The second-order valence-electron chi connectivity index (χ2n) is 4.31. The summed E-state index contributed by atoms with van der Waals surface area (Å²) in [5.41, 5.74) is 5.15. The van der Waals surface area contributed by atoms with E-state index in [1.165, 1.54) is 7.11 Å². The normalized spacial score (nSPS) is 21.3. The highest BCUT2D eigenvalue weighted by Crippen LogP contribution is 2.39. The van der Waals surface area contributed by atoms with Crippen molar-refractivity contribution in [3.63, 3.8) is 0 Å². The first kappa shape index (κ1) is 12.9. The van der Waals surface area contributed by atoms with Gasteiger partial charge in [-0.15, -0.1) is 0 Å². The molecule has 1 rings (SSSR count). The van der Waals surface area contributed by atoms with Gasteiger partial charge in [0, 0.05) is 19.2 Å². The summed E-state index contributed by atoms with van der Waals surface area (Å²) < 4.78 is 30.7. The molecule has 15 heavy (non-hydrogen) atoms. The van der Waals surface area contributed by atoms with Crippen LogP contribution in [0.3, 0.4) is 0 Å². The zero-order chi connectivity index (χ0) is 11.5. The molecule has 1 saturated carbocycles. The fourth-order valence-electron chi connectivity index (χ4n) is 1.61. The summed E-state index contributed by atoms with van der Waals surface area (Å²) in [6.45, 7) is 2.42. The number of rotatable bonds is 7. The van der Waals surface area contributed by atoms with Crippen LogP contribution < -0.4 is 10.5 Å². The minimum Gasteiger partial charge on any atom is -0.384 e. The molecule has 1 aliphatic carbocycles. The zero-order valence-electron chi connectivity index (χ0n) is 9.32. The molecule has 1 aliphatic rings. The first-order chi connectivity index (χ1) is 6.93. The number of sulfonamides is 1. The van der Waals surface area contributed by atoms with Crippen LogP contribution in [0.2, 0.25) is 0 Å². The van der Waals surface area contributed by atoms with Crippen LogP contribution in [-0.4, -0.2) is 40.0 Å². The first-order valence-corrected chi connectivity index (χ1v) is 6.79. The van der Waals surface area contributed by atoms with Crippen molar-refractivity contribution in [3.8, 4) is 0 Å². The third-order valence-electron chi connectivity index (χ3n) is 2.85. The molecule has 0 aromatic heterocycles. The Morgan fingerprint density at radius 2 is 2.13 bits per heavy atom. The fraction of sp³-hybridized carbons (Fsp3) is 1.00. The molecule has 0 heterocycles. The Hall–Kier alpha value is -0.170. The molecule has 1 fully saturated rings. The van der Waals surface area contributed by atoms with Crippen molar-refractivity contribution in [2.45, 2.75) is 25.3 Å². The highest BCUT2D eigenvalue weighted by atomic mass is 32.2. The lowest BCUT2D eigenvalue weighted by Crippen LogP contribution is -2.53. The quantitative estimate of drug-likeness (QED) is 0.635. The van der Waals surface area contributed by atoms with E-state index < -0.39 is 15.6 Å². The van der Waals surface area contributed by atoms with Crippen LogP contribution >= 0.6 is 0 Å². The van der Waals surface area contributed by atoms with Gasteiger partial charge >= 0.3 is 0 Å². The monoisotopic (exact) mass is 236 g/mol. The minimum atomic E-state index is -3.27. The van der Waals surface area contributed by atoms with E-state index in [1.807, 2.05) is 6.92 Å². The molecule has 6 heteroatoms. The van der Waals surface area contributed by atoms with E-state index in [9.17, 15) is 8.42 Å². The summed E-state index contributed by atoms with van der Waals surface area (Å²) in [4.78, 5) is 0. The fourth-order valence-corrected chi connectivity index (χ4v) is 3.06. The van der Waals surface area contributed by atoms with Crippen molar-refractivity contribution in [2.24, 2.45) is 11.7 Å². The highest BCUT2D eigenvalue weighted by molar-refractivity contribution is 7.89. The average molecular weight is 236 g/mol. The molecule has 1 unspecified atom stereocenters. The Labute approximate surface area is 91.4 Å². The van der Waals surface area contributed by atoms with Gasteiger partial charge in [0.15, 0.2) is 0 Å². The number of nitrogens with two attached hydrogens (primary N) is 1. The molecule has 0 radical (unpaired) electrons. The second kappa shape index (κ2) is 4.78. The standard InChI is InChI=1S/C9H20N2O3S/c1-9(7-10,8-3-4-8)11-15(12,13)6-5-14-2/h8,11H,3-7,10H2,1-2H3. The number of methoxy groups -OCH3 is 1. The van der Waals surface area contributed by atoms with Gasteiger partial charge in [-0.25, -0.2) is 13.1 Å². The molecule has 3 N–H and O–H groups in total. The van der Waals surface area contributed by atoms with Gasteiger partial charge in [-0.3, -0.25) is 0 Å². The third kappa shape index (κ3) is 3.71. The Morgan fingerprint density at radius 1 is 1.53 bits per heavy atom. The lowest BCUT2D eigenvalue weighted by atomic mass is 9.98. The van der Waals surface area contributed by atoms with Gasteiger partial charge < -0.3 is 10.5 Å². The molecule has 0 saturated heterocycles. The van der Waals surface area contributed by atoms with E-state index in [0.717, 1.165) is 12.8 Å². The van der Waals surface area contributed by atoms with Crippen LogP contribution in [0, 0.1) is 5.92 Å². The summed E-state index contributed by atoms with van der Waals surface area (Å²) in [5.74, 6) is 0.381. The van der Waals surface area contributed by atoms with Gasteiger partial charge in [0.05, 0.1) is 12.4 Å². The minimum absolute atomic E-state index is 0.00813. The number of hydrogen-bond acceptors (Lipinski definition) is 4. The first-order valence-electron chi connectivity index (χ1n) is 5.14. The van der Waals surface area contributed by atoms with Crippen molar-refractivity contribution in [1.82, 2.24) is 4.72 Å². The molecule has 0 amide bonds. The summed E-state index contributed by atoms with van der Waals surface area (Å²) in [5, 5.41) is 0. The molecule has 0 bridgehead atoms. The van der Waals surface area contributed by atoms with Gasteiger partial charge in [0.2, 0.25) is 10.0 Å². The van der Waals surface area contributed by atoms with E-state index in [-0.39, 0.29) is 12.4 Å². The average Bonchev–Trinajstić information content (AvgIpc) is 2.97. The molecule has 0 spiro atoms. The van der Waals surface area contributed by atoms with Crippen molar-refractivity contribution >= 4 is 10.0 Å². The Balaban J connectivity index is 2.57. The molecule has 0 aromatic rings. The Bertz CT molecular complexity index is 300. The maximum absolute atomic E-state index is 11.6. The van der Waals surface area contributed by atoms with Gasteiger partial charge in [-0.1, -0.05) is 0 Å². The molecule has 90 valence electrons. The van der Waals surface area contributed by atoms with E-state index in [2.05, 4.69) is 4.72 Å². The van der Waals surface area contributed by atoms with E-state index in [0.29, 0.717) is 12.5 Å². The van der Waals surface area contributed by atoms with Gasteiger partial charge in [-0.2, -0.15) is 0 Å². The Kier molecular flexibility index (Phi) is 4.11. The molecule has 5 nitrogen and oxygen atoms in total. The van der Waals surface area contributed by atoms with Gasteiger partial charge in [0.1, 0.15) is 0 Å². The van der Waals surface area contributed by atoms with Crippen LogP contribution in [0.1, 0.15) is 19.8 Å². The maximum Gasteiger partial charge on any atom is 0.214 e. The van der Waals surface area contributed by atoms with E-state index in [1.54, 1.807) is 0 Å². The number of ether oxygens (including phenoxy) is 1. The van der Waals surface area contributed by atoms with Crippen LogP contribution in [0.4, 0.5) is 0 Å². The molecule has 0 aromatic carbocycles. The van der Waals surface area contributed by atoms with Crippen LogP contribution in [-0.2, 0) is 14.8 Å². The molecular weight excluding hydrogens is 216 g/mol. The largest absolute Gasteiger partial charge is 0.384 e. The number of nitrogens with one attached hydrogen (secondary N) is 1. The maximum atomic E-state index is 11.6. The van der Waals surface area contributed by atoms with E-state index >= 15 is 0 Å². The van der Waals surface area contributed by atoms with Crippen LogP contribution in [0.15, 0.2) is 0 Å². The van der Waals surface area contributed by atoms with Gasteiger partial charge in [-0.05, 0) is 25.7 Å². The molecule has 1 atom stereocenters. The Morgan fingerprint density at radius 3 is 2.53 bits per heavy atom. The SMILES string of the molecule is COCCS(=O)(=O)NC(C)(CN)C1CC1. The van der Waals surface area contributed by atoms with Crippen molar-refractivity contribution in [3.05, 3.63) is 0 Å². The third-order valence-corrected chi connectivity index (χ3v) is 4.33. The second-order valence-corrected chi connectivity index (χ2v) is 6.15. The zero-order valence-corrected chi connectivity index (χ0v) is 10.1. The lowest BCUT2D eigenvalue weighted by Gasteiger charge is -2.28. The summed E-state index contributed by atoms with van der Waals surface area (Å²) >= 11 is 0. The topological polar surface area (TPSA) is 81.4 Å². The lowest BCUT2D eigenvalue weighted by molar-refractivity contribution is 0.216. The van der Waals surface area contributed by atoms with Crippen molar-refractivity contribution < 1.29 is 13.2 Å².